The molecule has 28 heavy (non-hydrogen) atoms. The van der Waals surface area contributed by atoms with Gasteiger partial charge in [0.15, 0.2) is 0 Å². The van der Waals surface area contributed by atoms with Gasteiger partial charge >= 0.3 is 6.18 Å². The van der Waals surface area contributed by atoms with E-state index in [-0.39, 0.29) is 16.5 Å². The Bertz CT molecular complexity index is 883. The molecule has 5 nitrogen and oxygen atoms in total. The fourth-order valence-corrected chi connectivity index (χ4v) is 3.77. The lowest BCUT2D eigenvalue weighted by molar-refractivity contribution is -0.123. The van der Waals surface area contributed by atoms with Gasteiger partial charge in [0, 0.05) is 11.6 Å². The number of carbonyl (C=O) groups excluding carboxylic acids is 1. The Morgan fingerprint density at radius 1 is 1.04 bits per heavy atom. The Morgan fingerprint density at radius 3 is 2.21 bits per heavy atom. The quantitative estimate of drug-likeness (QED) is 0.696. The van der Waals surface area contributed by atoms with E-state index in [9.17, 15) is 26.4 Å². The third-order valence-electron chi connectivity index (χ3n) is 3.94. The van der Waals surface area contributed by atoms with Gasteiger partial charge < -0.3 is 5.32 Å². The first kappa shape index (κ1) is 21.9. The van der Waals surface area contributed by atoms with Crippen molar-refractivity contribution in [3.8, 4) is 0 Å². The average Bonchev–Trinajstić information content (AvgIpc) is 2.64. The maximum absolute atomic E-state index is 12.4. The third-order valence-corrected chi connectivity index (χ3v) is 5.55. The van der Waals surface area contributed by atoms with E-state index in [0.29, 0.717) is 12.8 Å². The number of nitrogens with one attached hydrogen (secondary N) is 2. The highest BCUT2D eigenvalue weighted by Gasteiger charge is 2.28. The summed E-state index contributed by atoms with van der Waals surface area (Å²) in [7, 11) is -3.80. The van der Waals surface area contributed by atoms with Crippen LogP contribution < -0.4 is 10.0 Å². The highest BCUT2D eigenvalue weighted by Crippen LogP contribution is 2.15. The Balaban J connectivity index is 1.94. The van der Waals surface area contributed by atoms with Crippen molar-refractivity contribution in [3.05, 3.63) is 65.7 Å². The molecule has 0 heterocycles. The highest BCUT2D eigenvalue weighted by atomic mass is 32.2. The van der Waals surface area contributed by atoms with Crippen LogP contribution in [0.15, 0.2) is 59.5 Å². The molecule has 2 rings (SSSR count). The molecule has 1 unspecified atom stereocenters. The second kappa shape index (κ2) is 9.20. The van der Waals surface area contributed by atoms with Crippen molar-refractivity contribution in [2.45, 2.75) is 36.9 Å². The number of halogens is 3. The molecule has 0 spiro atoms. The van der Waals surface area contributed by atoms with Gasteiger partial charge in [-0.3, -0.25) is 4.79 Å². The van der Waals surface area contributed by atoms with Gasteiger partial charge in [-0.15, -0.1) is 0 Å². The van der Waals surface area contributed by atoms with Crippen molar-refractivity contribution in [1.29, 1.82) is 0 Å². The zero-order valence-electron chi connectivity index (χ0n) is 15.2. The van der Waals surface area contributed by atoms with Gasteiger partial charge in [-0.05, 0) is 49.6 Å². The van der Waals surface area contributed by atoms with E-state index >= 15 is 0 Å². The average molecular weight is 414 g/mol. The van der Waals surface area contributed by atoms with Crippen molar-refractivity contribution in [3.63, 3.8) is 0 Å². The van der Waals surface area contributed by atoms with Gasteiger partial charge in [0.1, 0.15) is 6.54 Å². The van der Waals surface area contributed by atoms with Crippen molar-refractivity contribution in [1.82, 2.24) is 10.0 Å². The molecule has 9 heteroatoms. The molecular formula is C19H21F3N2O3S. The minimum absolute atomic E-state index is 0.0553. The van der Waals surface area contributed by atoms with Crippen LogP contribution in [-0.2, 0) is 16.4 Å². The molecule has 0 saturated carbocycles. The van der Waals surface area contributed by atoms with E-state index < -0.39 is 28.7 Å². The van der Waals surface area contributed by atoms with Crippen LogP contribution in [0.25, 0.3) is 0 Å². The molecule has 0 aliphatic rings. The van der Waals surface area contributed by atoms with Crippen LogP contribution in [0.2, 0.25) is 0 Å². The minimum Gasteiger partial charge on any atom is -0.343 e. The first-order valence-electron chi connectivity index (χ1n) is 8.58. The lowest BCUT2D eigenvalue weighted by atomic mass is 10.1. The van der Waals surface area contributed by atoms with Crippen molar-refractivity contribution in [2.24, 2.45) is 0 Å². The van der Waals surface area contributed by atoms with Gasteiger partial charge in [0.25, 0.3) is 5.91 Å². The van der Waals surface area contributed by atoms with Crippen molar-refractivity contribution in [2.75, 3.05) is 6.54 Å². The summed E-state index contributed by atoms with van der Waals surface area (Å²) in [5.74, 6) is -0.925. The van der Waals surface area contributed by atoms with E-state index in [1.165, 1.54) is 24.3 Å². The molecule has 0 radical (unpaired) electrons. The van der Waals surface area contributed by atoms with Crippen LogP contribution in [0.3, 0.4) is 0 Å². The van der Waals surface area contributed by atoms with E-state index in [1.807, 2.05) is 30.3 Å². The predicted octanol–water partition coefficient (Wildman–Crippen LogP) is 3.28. The predicted molar refractivity (Wildman–Crippen MR) is 99.4 cm³/mol. The van der Waals surface area contributed by atoms with Crippen LogP contribution in [0.4, 0.5) is 13.2 Å². The first-order chi connectivity index (χ1) is 13.1. The van der Waals surface area contributed by atoms with Gasteiger partial charge in [0.2, 0.25) is 10.0 Å². The van der Waals surface area contributed by atoms with E-state index in [4.69, 9.17) is 0 Å². The lowest BCUT2D eigenvalue weighted by Gasteiger charge is -2.14. The SMILES string of the molecule is CC(CCc1ccccc1)NS(=O)(=O)c1ccc(C(=O)NCC(F)(F)F)cc1. The number of carbonyl (C=O) groups is 1. The third kappa shape index (κ3) is 6.97. The molecule has 2 aromatic carbocycles. The molecule has 2 aromatic rings. The van der Waals surface area contributed by atoms with Crippen LogP contribution in [0.1, 0.15) is 29.3 Å². The number of aryl methyl sites for hydroxylation is 1. The zero-order chi connectivity index (χ0) is 20.8. The second-order valence-electron chi connectivity index (χ2n) is 6.37. The van der Waals surface area contributed by atoms with Crippen LogP contribution in [0.5, 0.6) is 0 Å². The largest absolute Gasteiger partial charge is 0.405 e. The van der Waals surface area contributed by atoms with Crippen molar-refractivity contribution < 1.29 is 26.4 Å². The maximum Gasteiger partial charge on any atom is 0.405 e. The van der Waals surface area contributed by atoms with Gasteiger partial charge in [-0.2, -0.15) is 13.2 Å². The number of benzene rings is 2. The van der Waals surface area contributed by atoms with Crippen LogP contribution in [-0.4, -0.2) is 33.1 Å². The zero-order valence-corrected chi connectivity index (χ0v) is 16.0. The normalized spacial score (nSPS) is 13.1. The van der Waals surface area contributed by atoms with Gasteiger partial charge in [-0.1, -0.05) is 30.3 Å². The van der Waals surface area contributed by atoms with E-state index in [2.05, 4.69) is 4.72 Å². The van der Waals surface area contributed by atoms with Crippen LogP contribution >= 0.6 is 0 Å². The summed E-state index contributed by atoms with van der Waals surface area (Å²) < 4.78 is 63.9. The number of rotatable bonds is 8. The molecule has 0 aliphatic carbocycles. The molecule has 0 aromatic heterocycles. The number of hydrogen-bond acceptors (Lipinski definition) is 3. The summed E-state index contributed by atoms with van der Waals surface area (Å²) >= 11 is 0. The number of hydrogen-bond donors (Lipinski definition) is 2. The van der Waals surface area contributed by atoms with Gasteiger partial charge in [0.05, 0.1) is 4.90 Å². The lowest BCUT2D eigenvalue weighted by Crippen LogP contribution is -2.34. The first-order valence-corrected chi connectivity index (χ1v) is 10.1. The van der Waals surface area contributed by atoms with Crippen LogP contribution in [0, 0.1) is 0 Å². The molecule has 1 atom stereocenters. The smallest absolute Gasteiger partial charge is 0.343 e. The number of amides is 1. The number of sulfonamides is 1. The fourth-order valence-electron chi connectivity index (χ4n) is 2.49. The summed E-state index contributed by atoms with van der Waals surface area (Å²) in [6, 6.07) is 14.1. The standard InChI is InChI=1S/C19H21F3N2O3S/c1-14(7-8-15-5-3-2-4-6-15)24-28(26,27)17-11-9-16(10-12-17)18(25)23-13-19(20,21)22/h2-6,9-12,14,24H,7-8,13H2,1H3,(H,23,25). The van der Waals surface area contributed by atoms with E-state index in [0.717, 1.165) is 5.56 Å². The number of alkyl halides is 3. The Hall–Kier alpha value is -2.39. The molecule has 1 amide bonds. The summed E-state index contributed by atoms with van der Waals surface area (Å²) in [4.78, 5) is 11.6. The fraction of sp³-hybridized carbons (Fsp3) is 0.316. The molecular weight excluding hydrogens is 393 g/mol. The second-order valence-corrected chi connectivity index (χ2v) is 8.08. The van der Waals surface area contributed by atoms with Gasteiger partial charge in [-0.25, -0.2) is 13.1 Å². The summed E-state index contributed by atoms with van der Waals surface area (Å²) in [6.45, 7) is 0.297. The highest BCUT2D eigenvalue weighted by molar-refractivity contribution is 7.89. The van der Waals surface area contributed by atoms with E-state index in [1.54, 1.807) is 12.2 Å². The Morgan fingerprint density at radius 2 is 1.64 bits per heavy atom. The molecule has 0 saturated heterocycles. The summed E-state index contributed by atoms with van der Waals surface area (Å²) in [6.07, 6.45) is -3.21. The Labute approximate surface area is 162 Å². The van der Waals surface area contributed by atoms with Crippen molar-refractivity contribution >= 4 is 15.9 Å². The molecule has 0 bridgehead atoms. The topological polar surface area (TPSA) is 75.3 Å². The molecule has 152 valence electrons. The maximum atomic E-state index is 12.4. The Kier molecular flexibility index (Phi) is 7.20. The summed E-state index contributed by atoms with van der Waals surface area (Å²) in [5.41, 5.74) is 1.04. The minimum atomic E-state index is -4.52. The molecule has 2 N–H and O–H groups in total. The monoisotopic (exact) mass is 414 g/mol. The molecule has 0 aliphatic heterocycles. The summed E-state index contributed by atoms with van der Waals surface area (Å²) in [5, 5.41) is 1.73. The molecule has 0 fully saturated rings.